The number of thioether (sulfide) groups is 1. The Labute approximate surface area is 144 Å². The van der Waals surface area contributed by atoms with Gasteiger partial charge in [0.1, 0.15) is 13.2 Å². The zero-order chi connectivity index (χ0) is 16.4. The van der Waals surface area contributed by atoms with E-state index in [1.54, 1.807) is 11.8 Å². The molecular weight excluding hydrogens is 324 g/mol. The van der Waals surface area contributed by atoms with Crippen LogP contribution in [0.5, 0.6) is 11.5 Å². The number of benzene rings is 2. The Kier molecular flexibility index (Phi) is 4.13. The summed E-state index contributed by atoms with van der Waals surface area (Å²) < 4.78 is 17.0. The van der Waals surface area contributed by atoms with E-state index in [0.29, 0.717) is 25.0 Å². The molecule has 2 aromatic carbocycles. The molecule has 0 unspecified atom stereocenters. The van der Waals surface area contributed by atoms with Gasteiger partial charge in [-0.3, -0.25) is 0 Å². The highest BCUT2D eigenvalue weighted by Gasteiger charge is 2.18. The van der Waals surface area contributed by atoms with Crippen LogP contribution in [0.2, 0.25) is 0 Å². The summed E-state index contributed by atoms with van der Waals surface area (Å²) in [6.45, 7) is 3.23. The summed E-state index contributed by atoms with van der Waals surface area (Å²) in [6, 6.07) is 15.7. The summed E-state index contributed by atoms with van der Waals surface area (Å²) in [4.78, 5) is 1.08. The summed E-state index contributed by atoms with van der Waals surface area (Å²) in [6.07, 6.45) is 0. The van der Waals surface area contributed by atoms with Crippen molar-refractivity contribution in [3.63, 3.8) is 0 Å². The molecule has 1 aliphatic rings. The second-order valence-corrected chi connectivity index (χ2v) is 6.79. The van der Waals surface area contributed by atoms with Crippen molar-refractivity contribution in [1.29, 1.82) is 0 Å². The van der Waals surface area contributed by atoms with E-state index in [1.165, 1.54) is 0 Å². The van der Waals surface area contributed by atoms with Crippen LogP contribution in [-0.2, 0) is 0 Å². The van der Waals surface area contributed by atoms with E-state index in [2.05, 4.69) is 10.2 Å². The molecule has 4 rings (SSSR count). The topological polar surface area (TPSA) is 57.4 Å². The molecule has 0 amide bonds. The fourth-order valence-corrected chi connectivity index (χ4v) is 3.37. The Hall–Kier alpha value is -2.47. The Balaban J connectivity index is 1.50. The lowest BCUT2D eigenvalue weighted by Gasteiger charge is -2.19. The molecule has 0 N–H and O–H groups in total. The first-order chi connectivity index (χ1) is 11.8. The highest BCUT2D eigenvalue weighted by molar-refractivity contribution is 7.99. The summed E-state index contributed by atoms with van der Waals surface area (Å²) in [5.41, 5.74) is 0.924. The Morgan fingerprint density at radius 3 is 2.58 bits per heavy atom. The van der Waals surface area contributed by atoms with Gasteiger partial charge in [0.15, 0.2) is 11.5 Å². The van der Waals surface area contributed by atoms with Gasteiger partial charge in [0.2, 0.25) is 11.8 Å². The highest BCUT2D eigenvalue weighted by atomic mass is 32.2. The lowest BCUT2D eigenvalue weighted by atomic mass is 10.2. The molecule has 0 radical (unpaired) electrons. The van der Waals surface area contributed by atoms with Crippen molar-refractivity contribution in [3.8, 4) is 23.0 Å². The van der Waals surface area contributed by atoms with Crippen LogP contribution in [0.3, 0.4) is 0 Å². The summed E-state index contributed by atoms with van der Waals surface area (Å²) in [5, 5.41) is 8.37. The molecule has 5 nitrogen and oxygen atoms in total. The van der Waals surface area contributed by atoms with Crippen molar-refractivity contribution in [3.05, 3.63) is 54.4 Å². The number of fused-ring (bicyclic) bond motifs is 1. The molecule has 0 spiro atoms. The standard InChI is InChI=1S/C18H16N2O3S/c1-12(17-19-20-18(23-17)13-5-3-2-4-6-13)24-14-7-8-15-16(11-14)22-10-9-21-15/h2-8,11-12H,9-10H2,1H3/t12-/m0/s1. The average Bonchev–Trinajstić information content (AvgIpc) is 3.13. The van der Waals surface area contributed by atoms with Crippen molar-refractivity contribution in [2.24, 2.45) is 0 Å². The maximum Gasteiger partial charge on any atom is 0.247 e. The molecule has 2 heterocycles. The number of hydrogen-bond acceptors (Lipinski definition) is 6. The first-order valence-electron chi connectivity index (χ1n) is 7.75. The molecule has 0 fully saturated rings. The Morgan fingerprint density at radius 2 is 1.75 bits per heavy atom. The number of nitrogens with zero attached hydrogens (tertiary/aromatic N) is 2. The summed E-state index contributed by atoms with van der Waals surface area (Å²) >= 11 is 1.65. The zero-order valence-corrected chi connectivity index (χ0v) is 14.0. The monoisotopic (exact) mass is 340 g/mol. The quantitative estimate of drug-likeness (QED) is 0.658. The van der Waals surface area contributed by atoms with Crippen molar-refractivity contribution in [2.75, 3.05) is 13.2 Å². The van der Waals surface area contributed by atoms with Gasteiger partial charge < -0.3 is 13.9 Å². The third-order valence-electron chi connectivity index (χ3n) is 3.64. The van der Waals surface area contributed by atoms with Gasteiger partial charge in [-0.15, -0.1) is 22.0 Å². The second-order valence-electron chi connectivity index (χ2n) is 5.38. The zero-order valence-electron chi connectivity index (χ0n) is 13.1. The van der Waals surface area contributed by atoms with Crippen LogP contribution >= 0.6 is 11.8 Å². The first-order valence-corrected chi connectivity index (χ1v) is 8.63. The maximum atomic E-state index is 5.82. The Morgan fingerprint density at radius 1 is 0.958 bits per heavy atom. The van der Waals surface area contributed by atoms with Crippen LogP contribution < -0.4 is 9.47 Å². The number of rotatable bonds is 4. The van der Waals surface area contributed by atoms with E-state index in [9.17, 15) is 0 Å². The van der Waals surface area contributed by atoms with Gasteiger partial charge in [0.25, 0.3) is 0 Å². The molecule has 0 aliphatic carbocycles. The van der Waals surface area contributed by atoms with Crippen LogP contribution in [0.1, 0.15) is 18.1 Å². The molecule has 0 saturated heterocycles. The van der Waals surface area contributed by atoms with Crippen molar-refractivity contribution in [2.45, 2.75) is 17.1 Å². The van der Waals surface area contributed by atoms with Crippen molar-refractivity contribution >= 4 is 11.8 Å². The minimum Gasteiger partial charge on any atom is -0.486 e. The van der Waals surface area contributed by atoms with E-state index in [1.807, 2.05) is 55.5 Å². The normalized spacial score (nSPS) is 14.4. The molecule has 0 bridgehead atoms. The fraction of sp³-hybridized carbons (Fsp3) is 0.222. The molecule has 1 aromatic heterocycles. The van der Waals surface area contributed by atoms with Crippen LogP contribution in [0.25, 0.3) is 11.5 Å². The van der Waals surface area contributed by atoms with Gasteiger partial charge in [-0.05, 0) is 37.3 Å². The van der Waals surface area contributed by atoms with Gasteiger partial charge in [0, 0.05) is 10.5 Å². The molecule has 1 atom stereocenters. The van der Waals surface area contributed by atoms with E-state index in [-0.39, 0.29) is 5.25 Å². The molecule has 6 heteroatoms. The summed E-state index contributed by atoms with van der Waals surface area (Å²) in [5.74, 6) is 2.73. The van der Waals surface area contributed by atoms with Crippen molar-refractivity contribution < 1.29 is 13.9 Å². The van der Waals surface area contributed by atoms with Crippen LogP contribution in [0.4, 0.5) is 0 Å². The minimum atomic E-state index is 0.0394. The molecule has 1 aliphatic heterocycles. The number of aromatic nitrogens is 2. The lowest BCUT2D eigenvalue weighted by Crippen LogP contribution is -2.15. The third kappa shape index (κ3) is 3.10. The number of ether oxygens (including phenoxy) is 2. The Bertz CT molecular complexity index is 835. The molecule has 0 saturated carbocycles. The molecule has 3 aromatic rings. The van der Waals surface area contributed by atoms with Gasteiger partial charge >= 0.3 is 0 Å². The largest absolute Gasteiger partial charge is 0.486 e. The fourth-order valence-electron chi connectivity index (χ4n) is 2.45. The van der Waals surface area contributed by atoms with Gasteiger partial charge in [0.05, 0.1) is 5.25 Å². The second kappa shape index (κ2) is 6.57. The van der Waals surface area contributed by atoms with E-state index < -0.39 is 0 Å². The van der Waals surface area contributed by atoms with Crippen LogP contribution in [0.15, 0.2) is 57.8 Å². The first kappa shape index (κ1) is 15.1. The third-order valence-corrected chi connectivity index (χ3v) is 4.72. The van der Waals surface area contributed by atoms with Crippen molar-refractivity contribution in [1.82, 2.24) is 10.2 Å². The highest BCUT2D eigenvalue weighted by Crippen LogP contribution is 2.39. The SMILES string of the molecule is C[C@H](Sc1ccc2c(c1)OCCO2)c1nnc(-c2ccccc2)o1. The lowest BCUT2D eigenvalue weighted by molar-refractivity contribution is 0.171. The predicted molar refractivity (Wildman–Crippen MR) is 91.4 cm³/mol. The minimum absolute atomic E-state index is 0.0394. The van der Waals surface area contributed by atoms with E-state index in [4.69, 9.17) is 13.9 Å². The smallest absolute Gasteiger partial charge is 0.247 e. The average molecular weight is 340 g/mol. The molecule has 122 valence electrons. The van der Waals surface area contributed by atoms with Gasteiger partial charge in [-0.25, -0.2) is 0 Å². The van der Waals surface area contributed by atoms with Crippen LogP contribution in [0, 0.1) is 0 Å². The molecular formula is C18H16N2O3S. The van der Waals surface area contributed by atoms with Crippen LogP contribution in [-0.4, -0.2) is 23.4 Å². The maximum absolute atomic E-state index is 5.82. The van der Waals surface area contributed by atoms with Gasteiger partial charge in [-0.2, -0.15) is 0 Å². The van der Waals surface area contributed by atoms with E-state index >= 15 is 0 Å². The van der Waals surface area contributed by atoms with Gasteiger partial charge in [-0.1, -0.05) is 18.2 Å². The predicted octanol–water partition coefficient (Wildman–Crippen LogP) is 4.36. The van der Waals surface area contributed by atoms with E-state index in [0.717, 1.165) is 22.0 Å². The molecule has 24 heavy (non-hydrogen) atoms. The number of hydrogen-bond donors (Lipinski definition) is 0. The summed E-state index contributed by atoms with van der Waals surface area (Å²) in [7, 11) is 0.